The standard InChI is InChI=1S/C31H34N2O2/c1-4-5-18-33(29(34)35)25-21-26-28-27(22-25)31(3,24-14-10-7-11-15-24)17-20-32(28)19-16-30(26,2)23-12-8-6-9-13-23/h4,6-15,21-22H,1,5,16-20H2,2-3H3,(H,34,35)/t30-,31+. The SMILES string of the molecule is C=CCCN(C(=O)O)c1cc2c3c(c1)[C@@](C)(c1ccccc1)CCN3CC[C@@]2(C)c1ccccc1. The van der Waals surface area contributed by atoms with Crippen molar-refractivity contribution in [1.82, 2.24) is 0 Å². The predicted octanol–water partition coefficient (Wildman–Crippen LogP) is 6.97. The molecule has 0 unspecified atom stereocenters. The lowest BCUT2D eigenvalue weighted by Crippen LogP contribution is -2.47. The molecule has 3 aromatic carbocycles. The molecule has 2 atom stereocenters. The number of hydrogen-bond donors (Lipinski definition) is 1. The lowest BCUT2D eigenvalue weighted by atomic mass is 9.64. The van der Waals surface area contributed by atoms with Crippen LogP contribution in [0.3, 0.4) is 0 Å². The molecule has 5 rings (SSSR count). The maximum absolute atomic E-state index is 12.4. The predicted molar refractivity (Wildman–Crippen MR) is 144 cm³/mol. The normalized spacial score (nSPS) is 22.9. The molecular weight excluding hydrogens is 432 g/mol. The molecule has 2 aliphatic heterocycles. The van der Waals surface area contributed by atoms with Crippen molar-refractivity contribution in [2.45, 2.75) is 43.9 Å². The first-order chi connectivity index (χ1) is 16.9. The summed E-state index contributed by atoms with van der Waals surface area (Å²) >= 11 is 0. The van der Waals surface area contributed by atoms with Gasteiger partial charge in [-0.15, -0.1) is 6.58 Å². The van der Waals surface area contributed by atoms with E-state index in [2.05, 4.69) is 98.1 Å². The Morgan fingerprint density at radius 3 is 1.86 bits per heavy atom. The molecule has 1 amide bonds. The van der Waals surface area contributed by atoms with Gasteiger partial charge in [0.05, 0.1) is 0 Å². The number of amides is 1. The van der Waals surface area contributed by atoms with Crippen LogP contribution in [-0.2, 0) is 10.8 Å². The molecule has 2 heterocycles. The molecule has 2 aliphatic rings. The zero-order chi connectivity index (χ0) is 24.6. The highest BCUT2D eigenvalue weighted by atomic mass is 16.4. The van der Waals surface area contributed by atoms with E-state index in [1.54, 1.807) is 6.08 Å². The molecule has 0 saturated heterocycles. The van der Waals surface area contributed by atoms with Crippen LogP contribution in [0.2, 0.25) is 0 Å². The molecule has 0 bridgehead atoms. The van der Waals surface area contributed by atoms with E-state index in [4.69, 9.17) is 0 Å². The van der Waals surface area contributed by atoms with Gasteiger partial charge >= 0.3 is 6.09 Å². The summed E-state index contributed by atoms with van der Waals surface area (Å²) in [7, 11) is 0. The second-order valence-electron chi connectivity index (χ2n) is 10.3. The number of nitrogens with zero attached hydrogens (tertiary/aromatic N) is 2. The van der Waals surface area contributed by atoms with Crippen molar-refractivity contribution in [3.63, 3.8) is 0 Å². The van der Waals surface area contributed by atoms with Gasteiger partial charge in [-0.3, -0.25) is 4.90 Å². The van der Waals surface area contributed by atoms with E-state index >= 15 is 0 Å². The highest BCUT2D eigenvalue weighted by Gasteiger charge is 2.45. The van der Waals surface area contributed by atoms with Crippen molar-refractivity contribution in [1.29, 1.82) is 0 Å². The Balaban J connectivity index is 1.79. The van der Waals surface area contributed by atoms with Crippen LogP contribution in [0, 0.1) is 0 Å². The van der Waals surface area contributed by atoms with Gasteiger partial charge < -0.3 is 10.0 Å². The van der Waals surface area contributed by atoms with Gasteiger partial charge in [0.25, 0.3) is 0 Å². The summed E-state index contributed by atoms with van der Waals surface area (Å²) in [5.41, 5.74) is 6.66. The highest BCUT2D eigenvalue weighted by molar-refractivity contribution is 5.88. The summed E-state index contributed by atoms with van der Waals surface area (Å²) in [5.74, 6) is 0. The molecule has 4 nitrogen and oxygen atoms in total. The van der Waals surface area contributed by atoms with Gasteiger partial charge in [-0.1, -0.05) is 80.6 Å². The van der Waals surface area contributed by atoms with Crippen LogP contribution >= 0.6 is 0 Å². The minimum atomic E-state index is -0.926. The third-order valence-electron chi connectivity index (χ3n) is 8.28. The summed E-state index contributed by atoms with van der Waals surface area (Å²) in [6.07, 6.45) is 3.45. The van der Waals surface area contributed by atoms with Gasteiger partial charge in [0.15, 0.2) is 0 Å². The Morgan fingerprint density at radius 1 is 0.943 bits per heavy atom. The first kappa shape index (κ1) is 23.2. The van der Waals surface area contributed by atoms with E-state index in [0.717, 1.165) is 31.6 Å². The lowest BCUT2D eigenvalue weighted by Gasteiger charge is -2.50. The second-order valence-corrected chi connectivity index (χ2v) is 10.3. The topological polar surface area (TPSA) is 43.8 Å². The zero-order valence-corrected chi connectivity index (χ0v) is 20.7. The van der Waals surface area contributed by atoms with Crippen LogP contribution in [0.15, 0.2) is 85.5 Å². The fraction of sp³-hybridized carbons (Fsp3) is 0.323. The van der Waals surface area contributed by atoms with E-state index < -0.39 is 6.09 Å². The van der Waals surface area contributed by atoms with Crippen LogP contribution in [0.5, 0.6) is 0 Å². The maximum Gasteiger partial charge on any atom is 0.411 e. The minimum Gasteiger partial charge on any atom is -0.465 e. The fourth-order valence-corrected chi connectivity index (χ4v) is 6.05. The molecule has 35 heavy (non-hydrogen) atoms. The molecule has 0 aromatic heterocycles. The number of carbonyl (C=O) groups is 1. The lowest BCUT2D eigenvalue weighted by molar-refractivity contribution is 0.202. The molecule has 180 valence electrons. The summed E-state index contributed by atoms with van der Waals surface area (Å²) < 4.78 is 0. The van der Waals surface area contributed by atoms with Crippen LogP contribution < -0.4 is 9.80 Å². The Hall–Kier alpha value is -3.53. The summed E-state index contributed by atoms with van der Waals surface area (Å²) in [6.45, 7) is 10.8. The summed E-state index contributed by atoms with van der Waals surface area (Å²) in [6, 6.07) is 25.6. The largest absolute Gasteiger partial charge is 0.465 e. The molecule has 0 fully saturated rings. The first-order valence-electron chi connectivity index (χ1n) is 12.5. The maximum atomic E-state index is 12.4. The molecule has 0 radical (unpaired) electrons. The van der Waals surface area contributed by atoms with Crippen molar-refractivity contribution in [2.75, 3.05) is 29.4 Å². The van der Waals surface area contributed by atoms with Gasteiger partial charge in [0.2, 0.25) is 0 Å². The van der Waals surface area contributed by atoms with Crippen molar-refractivity contribution >= 4 is 17.5 Å². The van der Waals surface area contributed by atoms with Crippen molar-refractivity contribution in [3.8, 4) is 0 Å². The third kappa shape index (κ3) is 3.81. The summed E-state index contributed by atoms with van der Waals surface area (Å²) in [4.78, 5) is 16.4. The quantitative estimate of drug-likeness (QED) is 0.399. The Kier molecular flexibility index (Phi) is 5.92. The van der Waals surface area contributed by atoms with E-state index in [9.17, 15) is 9.90 Å². The molecule has 0 aliphatic carbocycles. The minimum absolute atomic E-state index is 0.199. The van der Waals surface area contributed by atoms with Crippen LogP contribution in [0.25, 0.3) is 0 Å². The number of anilines is 2. The zero-order valence-electron chi connectivity index (χ0n) is 20.7. The molecule has 0 saturated carbocycles. The van der Waals surface area contributed by atoms with Crippen LogP contribution in [0.4, 0.5) is 16.2 Å². The van der Waals surface area contributed by atoms with Crippen LogP contribution in [0.1, 0.15) is 55.4 Å². The van der Waals surface area contributed by atoms with E-state index in [1.807, 2.05) is 0 Å². The fourth-order valence-electron chi connectivity index (χ4n) is 6.05. The molecule has 1 N–H and O–H groups in total. The Bertz CT molecular complexity index is 1160. The monoisotopic (exact) mass is 466 g/mol. The molecule has 4 heteroatoms. The number of carboxylic acid groups (broad SMARTS) is 1. The van der Waals surface area contributed by atoms with Crippen molar-refractivity contribution < 1.29 is 9.90 Å². The average Bonchev–Trinajstić information content (AvgIpc) is 2.89. The first-order valence-corrected chi connectivity index (χ1v) is 12.5. The average molecular weight is 467 g/mol. The summed E-state index contributed by atoms with van der Waals surface area (Å²) in [5, 5.41) is 10.2. The molecule has 0 spiro atoms. The van der Waals surface area contributed by atoms with Gasteiger partial charge in [0, 0.05) is 41.8 Å². The van der Waals surface area contributed by atoms with Gasteiger partial charge in [0.1, 0.15) is 0 Å². The number of rotatable bonds is 6. The van der Waals surface area contributed by atoms with Gasteiger partial charge in [-0.05, 0) is 53.6 Å². The number of benzene rings is 3. The van der Waals surface area contributed by atoms with Crippen molar-refractivity contribution in [2.24, 2.45) is 0 Å². The molecular formula is C31H34N2O2. The smallest absolute Gasteiger partial charge is 0.411 e. The third-order valence-corrected chi connectivity index (χ3v) is 8.28. The Morgan fingerprint density at radius 2 is 1.43 bits per heavy atom. The van der Waals surface area contributed by atoms with E-state index in [1.165, 1.54) is 32.8 Å². The van der Waals surface area contributed by atoms with Gasteiger partial charge in [-0.2, -0.15) is 0 Å². The molecule has 3 aromatic rings. The Labute approximate surface area is 208 Å². The van der Waals surface area contributed by atoms with Gasteiger partial charge in [-0.25, -0.2) is 4.79 Å². The van der Waals surface area contributed by atoms with Crippen LogP contribution in [-0.4, -0.2) is 30.8 Å². The van der Waals surface area contributed by atoms with Crippen molar-refractivity contribution in [3.05, 3.63) is 108 Å². The van der Waals surface area contributed by atoms with E-state index in [-0.39, 0.29) is 10.8 Å². The highest BCUT2D eigenvalue weighted by Crippen LogP contribution is 2.54. The second kappa shape index (κ2) is 8.92. The number of hydrogen-bond acceptors (Lipinski definition) is 2. The van der Waals surface area contributed by atoms with E-state index in [0.29, 0.717) is 13.0 Å².